The van der Waals surface area contributed by atoms with Crippen LogP contribution in [0.1, 0.15) is 13.3 Å². The summed E-state index contributed by atoms with van der Waals surface area (Å²) in [4.78, 5) is 10.7. The first-order chi connectivity index (χ1) is 7.88. The highest BCUT2D eigenvalue weighted by atomic mass is 19.4. The average Bonchev–Trinajstić information content (AvgIpc) is 2.17. The van der Waals surface area contributed by atoms with Crippen LogP contribution in [0.3, 0.4) is 0 Å². The molecule has 1 rings (SSSR count). The molecule has 0 atom stereocenters. The summed E-state index contributed by atoms with van der Waals surface area (Å²) in [5, 5.41) is 0. The monoisotopic (exact) mass is 248 g/mol. The van der Waals surface area contributed by atoms with Crippen LogP contribution in [0, 0.1) is 0 Å². The van der Waals surface area contributed by atoms with E-state index in [0.29, 0.717) is 0 Å². The lowest BCUT2D eigenvalue weighted by Crippen LogP contribution is -2.18. The van der Waals surface area contributed by atoms with Gasteiger partial charge >= 0.3 is 6.36 Å². The van der Waals surface area contributed by atoms with Gasteiger partial charge in [-0.15, -0.1) is 13.2 Å². The Bertz CT molecular complexity index is 388. The largest absolute Gasteiger partial charge is 0.573 e. The van der Waals surface area contributed by atoms with Crippen LogP contribution in [0.25, 0.3) is 0 Å². The van der Waals surface area contributed by atoms with Gasteiger partial charge in [0.25, 0.3) is 0 Å². The molecule has 0 aliphatic carbocycles. The van der Waals surface area contributed by atoms with Crippen LogP contribution >= 0.6 is 0 Å². The van der Waals surface area contributed by atoms with Gasteiger partial charge in [0.2, 0.25) is 0 Å². The van der Waals surface area contributed by atoms with Gasteiger partial charge in [-0.3, -0.25) is 4.79 Å². The van der Waals surface area contributed by atoms with Gasteiger partial charge < -0.3 is 9.47 Å². The van der Waals surface area contributed by atoms with Crippen molar-refractivity contribution in [2.75, 3.05) is 6.61 Å². The summed E-state index contributed by atoms with van der Waals surface area (Å²) in [5.74, 6) is -0.547. The van der Waals surface area contributed by atoms with Crippen molar-refractivity contribution >= 4 is 5.78 Å². The molecule has 0 unspecified atom stereocenters. The molecular formula is C11H11F3O3. The van der Waals surface area contributed by atoms with Gasteiger partial charge in [-0.25, -0.2) is 0 Å². The van der Waals surface area contributed by atoms with Gasteiger partial charge in [0.1, 0.15) is 5.78 Å². The van der Waals surface area contributed by atoms with Crippen LogP contribution in [-0.4, -0.2) is 18.8 Å². The molecule has 0 saturated heterocycles. The number of ketones is 1. The number of carbonyl (C=O) groups excluding carboxylic acids is 1. The molecule has 94 valence electrons. The van der Waals surface area contributed by atoms with Crippen LogP contribution in [-0.2, 0) is 4.79 Å². The lowest BCUT2D eigenvalue weighted by atomic mass is 10.3. The highest BCUT2D eigenvalue weighted by molar-refractivity contribution is 5.75. The van der Waals surface area contributed by atoms with E-state index in [2.05, 4.69) is 4.74 Å². The van der Waals surface area contributed by atoms with E-state index in [-0.39, 0.29) is 24.6 Å². The van der Waals surface area contributed by atoms with Gasteiger partial charge in [-0.05, 0) is 19.1 Å². The van der Waals surface area contributed by atoms with E-state index in [0.717, 1.165) is 6.07 Å². The van der Waals surface area contributed by atoms with Crippen LogP contribution < -0.4 is 9.47 Å². The summed E-state index contributed by atoms with van der Waals surface area (Å²) in [6, 6.07) is 5.42. The molecule has 3 nitrogen and oxygen atoms in total. The third-order valence-electron chi connectivity index (χ3n) is 1.79. The summed E-state index contributed by atoms with van der Waals surface area (Å²) in [7, 11) is 0. The van der Waals surface area contributed by atoms with Crippen molar-refractivity contribution in [1.82, 2.24) is 0 Å². The maximum absolute atomic E-state index is 12.0. The SMILES string of the molecule is CC(=O)CCOc1ccccc1OC(F)(F)F. The molecule has 0 fully saturated rings. The summed E-state index contributed by atoms with van der Waals surface area (Å²) in [6.45, 7) is 1.40. The number of Topliss-reactive ketones (excluding diaryl/α,β-unsaturated/α-hetero) is 1. The fourth-order valence-electron chi connectivity index (χ4n) is 1.08. The molecule has 1 aromatic carbocycles. The van der Waals surface area contributed by atoms with Crippen molar-refractivity contribution < 1.29 is 27.4 Å². The van der Waals surface area contributed by atoms with Crippen LogP contribution in [0.4, 0.5) is 13.2 Å². The quantitative estimate of drug-likeness (QED) is 0.803. The predicted molar refractivity (Wildman–Crippen MR) is 53.9 cm³/mol. The topological polar surface area (TPSA) is 35.5 Å². The van der Waals surface area contributed by atoms with Gasteiger partial charge in [0, 0.05) is 6.42 Å². The first-order valence-electron chi connectivity index (χ1n) is 4.85. The molecule has 0 N–H and O–H groups in total. The summed E-state index contributed by atoms with van der Waals surface area (Å²) in [6.07, 6.45) is -4.62. The van der Waals surface area contributed by atoms with Crippen LogP contribution in [0.5, 0.6) is 11.5 Å². The second-order valence-electron chi connectivity index (χ2n) is 3.30. The van der Waals surface area contributed by atoms with Crippen LogP contribution in [0.15, 0.2) is 24.3 Å². The zero-order valence-corrected chi connectivity index (χ0v) is 9.08. The fourth-order valence-corrected chi connectivity index (χ4v) is 1.08. The number of benzene rings is 1. The Labute approximate surface area is 96.1 Å². The first kappa shape index (κ1) is 13.3. The molecule has 17 heavy (non-hydrogen) atoms. The Morgan fingerprint density at radius 2 is 1.82 bits per heavy atom. The second kappa shape index (κ2) is 5.56. The van der Waals surface area contributed by atoms with Crippen molar-refractivity contribution in [3.8, 4) is 11.5 Å². The first-order valence-corrected chi connectivity index (χ1v) is 4.85. The minimum absolute atomic E-state index is 0.0214. The molecule has 0 heterocycles. The minimum atomic E-state index is -4.76. The van der Waals surface area contributed by atoms with Crippen molar-refractivity contribution in [2.45, 2.75) is 19.7 Å². The maximum Gasteiger partial charge on any atom is 0.573 e. The van der Waals surface area contributed by atoms with Crippen molar-refractivity contribution in [3.05, 3.63) is 24.3 Å². The number of para-hydroxylation sites is 2. The highest BCUT2D eigenvalue weighted by Crippen LogP contribution is 2.31. The molecule has 0 aliphatic heterocycles. The van der Waals surface area contributed by atoms with Gasteiger partial charge in [-0.1, -0.05) is 12.1 Å². The number of alkyl halides is 3. The molecule has 0 bridgehead atoms. The van der Waals surface area contributed by atoms with Crippen molar-refractivity contribution in [1.29, 1.82) is 0 Å². The number of carbonyl (C=O) groups is 1. The zero-order chi connectivity index (χ0) is 12.9. The summed E-state index contributed by atoms with van der Waals surface area (Å²) < 4.78 is 44.9. The molecular weight excluding hydrogens is 237 g/mol. The lowest BCUT2D eigenvalue weighted by molar-refractivity contribution is -0.275. The molecule has 6 heteroatoms. The van der Waals surface area contributed by atoms with E-state index >= 15 is 0 Å². The van der Waals surface area contributed by atoms with E-state index < -0.39 is 12.1 Å². The number of hydrogen-bond donors (Lipinski definition) is 0. The lowest BCUT2D eigenvalue weighted by Gasteiger charge is -2.13. The predicted octanol–water partition coefficient (Wildman–Crippen LogP) is 2.94. The summed E-state index contributed by atoms with van der Waals surface area (Å²) >= 11 is 0. The van der Waals surface area contributed by atoms with Gasteiger partial charge in [-0.2, -0.15) is 0 Å². The molecule has 0 radical (unpaired) electrons. The third kappa shape index (κ3) is 5.24. The number of rotatable bonds is 5. The Morgan fingerprint density at radius 3 is 2.35 bits per heavy atom. The van der Waals surface area contributed by atoms with Crippen molar-refractivity contribution in [2.24, 2.45) is 0 Å². The average molecular weight is 248 g/mol. The third-order valence-corrected chi connectivity index (χ3v) is 1.79. The molecule has 0 aliphatic rings. The number of hydrogen-bond acceptors (Lipinski definition) is 3. The normalized spacial score (nSPS) is 11.1. The number of halogens is 3. The van der Waals surface area contributed by atoms with E-state index in [1.807, 2.05) is 0 Å². The van der Waals surface area contributed by atoms with Crippen LogP contribution in [0.2, 0.25) is 0 Å². The fraction of sp³-hybridized carbons (Fsp3) is 0.364. The van der Waals surface area contributed by atoms with E-state index in [9.17, 15) is 18.0 Å². The van der Waals surface area contributed by atoms with Crippen molar-refractivity contribution in [3.63, 3.8) is 0 Å². The molecule has 0 spiro atoms. The Morgan fingerprint density at radius 1 is 1.24 bits per heavy atom. The molecule has 1 aromatic rings. The maximum atomic E-state index is 12.0. The van der Waals surface area contributed by atoms with Gasteiger partial charge in [0.05, 0.1) is 6.61 Å². The van der Waals surface area contributed by atoms with Gasteiger partial charge in [0.15, 0.2) is 11.5 Å². The van der Waals surface area contributed by atoms with E-state index in [1.54, 1.807) is 0 Å². The Kier molecular flexibility index (Phi) is 4.37. The minimum Gasteiger partial charge on any atom is -0.489 e. The van der Waals surface area contributed by atoms with E-state index in [4.69, 9.17) is 4.74 Å². The summed E-state index contributed by atoms with van der Waals surface area (Å²) in [5.41, 5.74) is 0. The Hall–Kier alpha value is -1.72. The second-order valence-corrected chi connectivity index (χ2v) is 3.30. The molecule has 0 aromatic heterocycles. The Balaban J connectivity index is 2.67. The zero-order valence-electron chi connectivity index (χ0n) is 9.08. The number of ether oxygens (including phenoxy) is 2. The molecule has 0 amide bonds. The standard InChI is InChI=1S/C11H11F3O3/c1-8(15)6-7-16-9-4-2-3-5-10(9)17-11(12,13)14/h2-5H,6-7H2,1H3. The molecule has 0 saturated carbocycles. The smallest absolute Gasteiger partial charge is 0.489 e. The highest BCUT2D eigenvalue weighted by Gasteiger charge is 2.32. The van der Waals surface area contributed by atoms with E-state index in [1.165, 1.54) is 25.1 Å².